The number of anilines is 6. The van der Waals surface area contributed by atoms with Gasteiger partial charge in [0.1, 0.15) is 5.82 Å². The van der Waals surface area contributed by atoms with Gasteiger partial charge in [-0.2, -0.15) is 0 Å². The molecule has 0 fully saturated rings. The van der Waals surface area contributed by atoms with E-state index < -0.39 is 0 Å². The molecule has 11 aromatic rings. The van der Waals surface area contributed by atoms with Gasteiger partial charge in [0, 0.05) is 50.5 Å². The van der Waals surface area contributed by atoms with E-state index in [9.17, 15) is 4.39 Å². The second-order valence-electron chi connectivity index (χ2n) is 15.9. The van der Waals surface area contributed by atoms with E-state index in [1.165, 1.54) is 17.7 Å². The Morgan fingerprint density at radius 3 is 1.48 bits per heavy atom. The zero-order valence-corrected chi connectivity index (χ0v) is 35.0. The van der Waals surface area contributed by atoms with Crippen LogP contribution < -0.4 is 9.80 Å². The van der Waals surface area contributed by atoms with Crippen molar-refractivity contribution in [3.8, 4) is 39.1 Å². The van der Waals surface area contributed by atoms with E-state index in [2.05, 4.69) is 245 Å². The van der Waals surface area contributed by atoms with Gasteiger partial charge in [-0.25, -0.2) is 4.39 Å². The molecule has 4 heteroatoms. The first-order valence-electron chi connectivity index (χ1n) is 21.6. The molecule has 0 spiro atoms. The van der Waals surface area contributed by atoms with E-state index in [1.807, 2.05) is 12.1 Å². The van der Waals surface area contributed by atoms with Gasteiger partial charge >= 0.3 is 0 Å². The van der Waals surface area contributed by atoms with E-state index in [4.69, 9.17) is 0 Å². The maximum Gasteiger partial charge on any atom is 0.123 e. The third kappa shape index (κ3) is 7.27. The average molecular weight is 824 g/mol. The quantitative estimate of drug-likeness (QED) is 0.136. The van der Waals surface area contributed by atoms with Crippen LogP contribution in [0.1, 0.15) is 0 Å². The standard InChI is InChI=1S/C60H42FN3/c61-48-33-35-51(36-34-48)64-58-30-14-13-29-55(58)56-37-31-47(41-60(56)64)45-21-15-26-52(39-45)62(49-22-9-3-10-23-49)53-27-16-28-54(42-53)63(50-24-11-4-12-25-50)59-38-32-46(43-17-5-1-6-18-43)40-57(59)44-19-7-2-8-20-44/h1-42H. The van der Waals surface area contributed by atoms with Gasteiger partial charge in [0.15, 0.2) is 0 Å². The van der Waals surface area contributed by atoms with Gasteiger partial charge in [-0.1, -0.05) is 152 Å². The zero-order valence-electron chi connectivity index (χ0n) is 35.0. The fourth-order valence-corrected chi connectivity index (χ4v) is 9.03. The van der Waals surface area contributed by atoms with Crippen LogP contribution in [-0.4, -0.2) is 4.57 Å². The Kier molecular flexibility index (Phi) is 10.1. The van der Waals surface area contributed by atoms with Crippen molar-refractivity contribution in [3.05, 3.63) is 261 Å². The Labute approximate surface area is 372 Å². The maximum atomic E-state index is 14.1. The van der Waals surface area contributed by atoms with Crippen LogP contribution in [-0.2, 0) is 0 Å². The second kappa shape index (κ2) is 16.8. The summed E-state index contributed by atoms with van der Waals surface area (Å²) < 4.78 is 16.4. The van der Waals surface area contributed by atoms with Crippen molar-refractivity contribution in [1.29, 1.82) is 0 Å². The SMILES string of the molecule is Fc1ccc(-n2c3ccccc3c3ccc(-c4cccc(N(c5ccccc5)c5cccc(N(c6ccccc6)c6ccc(-c7ccccc7)cc6-c6ccccc6)c5)c4)cc32)cc1. The Bertz CT molecular complexity index is 3380. The molecule has 0 aliphatic carbocycles. The minimum absolute atomic E-state index is 0.252. The minimum Gasteiger partial charge on any atom is -0.310 e. The van der Waals surface area contributed by atoms with E-state index in [0.29, 0.717) is 0 Å². The fourth-order valence-electron chi connectivity index (χ4n) is 9.03. The molecule has 0 radical (unpaired) electrons. The first-order chi connectivity index (χ1) is 31.7. The maximum absolute atomic E-state index is 14.1. The van der Waals surface area contributed by atoms with Gasteiger partial charge in [0.2, 0.25) is 0 Å². The molecule has 64 heavy (non-hydrogen) atoms. The summed E-state index contributed by atoms with van der Waals surface area (Å²) >= 11 is 0. The summed E-state index contributed by atoms with van der Waals surface area (Å²) in [6.07, 6.45) is 0. The molecule has 11 rings (SSSR count). The molecular weight excluding hydrogens is 782 g/mol. The highest BCUT2D eigenvalue weighted by atomic mass is 19.1. The Hall–Kier alpha value is -8.47. The summed E-state index contributed by atoms with van der Waals surface area (Å²) in [5.41, 5.74) is 16.1. The second-order valence-corrected chi connectivity index (χ2v) is 15.9. The lowest BCUT2D eigenvalue weighted by molar-refractivity contribution is 0.627. The van der Waals surface area contributed by atoms with Gasteiger partial charge < -0.3 is 14.4 Å². The lowest BCUT2D eigenvalue weighted by atomic mass is 9.96. The molecule has 1 heterocycles. The summed E-state index contributed by atoms with van der Waals surface area (Å²) in [4.78, 5) is 4.70. The average Bonchev–Trinajstić information content (AvgIpc) is 3.70. The highest BCUT2D eigenvalue weighted by molar-refractivity contribution is 6.10. The van der Waals surface area contributed by atoms with Crippen LogP contribution in [0.2, 0.25) is 0 Å². The zero-order chi connectivity index (χ0) is 42.8. The summed E-state index contributed by atoms with van der Waals surface area (Å²) in [5, 5.41) is 2.31. The molecule has 0 atom stereocenters. The molecular formula is C60H42FN3. The smallest absolute Gasteiger partial charge is 0.123 e. The fraction of sp³-hybridized carbons (Fsp3) is 0. The molecule has 0 saturated heterocycles. The Balaban J connectivity index is 1.05. The third-order valence-electron chi connectivity index (χ3n) is 12.0. The molecule has 0 bridgehead atoms. The topological polar surface area (TPSA) is 11.4 Å². The van der Waals surface area contributed by atoms with E-state index in [1.54, 1.807) is 0 Å². The van der Waals surface area contributed by atoms with Crippen LogP contribution in [0.3, 0.4) is 0 Å². The highest BCUT2D eigenvalue weighted by Gasteiger charge is 2.21. The number of aromatic nitrogens is 1. The van der Waals surface area contributed by atoms with Gasteiger partial charge in [0.05, 0.1) is 16.7 Å². The number of nitrogens with zero attached hydrogens (tertiary/aromatic N) is 3. The Morgan fingerprint density at radius 1 is 0.297 bits per heavy atom. The van der Waals surface area contributed by atoms with Crippen molar-refractivity contribution in [2.75, 3.05) is 9.80 Å². The van der Waals surface area contributed by atoms with Crippen molar-refractivity contribution in [2.45, 2.75) is 0 Å². The highest BCUT2D eigenvalue weighted by Crippen LogP contribution is 2.45. The lowest BCUT2D eigenvalue weighted by Gasteiger charge is -2.31. The molecule has 304 valence electrons. The van der Waals surface area contributed by atoms with E-state index in [0.717, 1.165) is 89.4 Å². The van der Waals surface area contributed by atoms with Crippen LogP contribution in [0.25, 0.3) is 60.9 Å². The number of fused-ring (bicyclic) bond motifs is 3. The van der Waals surface area contributed by atoms with E-state index in [-0.39, 0.29) is 5.82 Å². The monoisotopic (exact) mass is 823 g/mol. The normalized spacial score (nSPS) is 11.2. The van der Waals surface area contributed by atoms with Crippen LogP contribution in [0, 0.1) is 5.82 Å². The first kappa shape index (κ1) is 38.5. The predicted octanol–water partition coefficient (Wildman–Crippen LogP) is 16.9. The number of hydrogen-bond donors (Lipinski definition) is 0. The molecule has 0 aliphatic rings. The van der Waals surface area contributed by atoms with Crippen LogP contribution in [0.15, 0.2) is 255 Å². The molecule has 0 aliphatic heterocycles. The van der Waals surface area contributed by atoms with Crippen LogP contribution in [0.5, 0.6) is 0 Å². The van der Waals surface area contributed by atoms with Gasteiger partial charge in [0.25, 0.3) is 0 Å². The number of hydrogen-bond acceptors (Lipinski definition) is 2. The van der Waals surface area contributed by atoms with Crippen LogP contribution in [0.4, 0.5) is 38.5 Å². The van der Waals surface area contributed by atoms with Gasteiger partial charge in [-0.3, -0.25) is 0 Å². The number of rotatable bonds is 10. The van der Waals surface area contributed by atoms with Crippen molar-refractivity contribution in [2.24, 2.45) is 0 Å². The number of benzene rings is 10. The third-order valence-corrected chi connectivity index (χ3v) is 12.0. The number of halogens is 1. The van der Waals surface area contributed by atoms with Gasteiger partial charge in [-0.05, 0) is 131 Å². The molecule has 10 aromatic carbocycles. The molecule has 0 amide bonds. The van der Waals surface area contributed by atoms with Crippen LogP contribution >= 0.6 is 0 Å². The Morgan fingerprint density at radius 2 is 0.781 bits per heavy atom. The minimum atomic E-state index is -0.252. The van der Waals surface area contributed by atoms with Crippen molar-refractivity contribution in [3.63, 3.8) is 0 Å². The molecule has 1 aromatic heterocycles. The lowest BCUT2D eigenvalue weighted by Crippen LogP contribution is -2.14. The predicted molar refractivity (Wildman–Crippen MR) is 266 cm³/mol. The molecule has 0 N–H and O–H groups in total. The molecule has 0 unspecified atom stereocenters. The molecule has 0 saturated carbocycles. The van der Waals surface area contributed by atoms with Crippen molar-refractivity contribution in [1.82, 2.24) is 4.57 Å². The molecule has 3 nitrogen and oxygen atoms in total. The van der Waals surface area contributed by atoms with Crippen molar-refractivity contribution < 1.29 is 4.39 Å². The first-order valence-corrected chi connectivity index (χ1v) is 21.6. The summed E-state index contributed by atoms with van der Waals surface area (Å²) in [5.74, 6) is -0.252. The summed E-state index contributed by atoms with van der Waals surface area (Å²) in [7, 11) is 0. The number of para-hydroxylation sites is 3. The largest absolute Gasteiger partial charge is 0.310 e. The summed E-state index contributed by atoms with van der Waals surface area (Å²) in [6.45, 7) is 0. The van der Waals surface area contributed by atoms with E-state index >= 15 is 0 Å². The van der Waals surface area contributed by atoms with Crippen molar-refractivity contribution >= 4 is 55.9 Å². The van der Waals surface area contributed by atoms with Gasteiger partial charge in [-0.15, -0.1) is 0 Å². The summed E-state index contributed by atoms with van der Waals surface area (Å²) in [6, 6.07) is 88.7.